The molecule has 8 nitrogen and oxygen atoms in total. The van der Waals surface area contributed by atoms with Gasteiger partial charge in [-0.15, -0.1) is 11.3 Å². The van der Waals surface area contributed by atoms with Crippen molar-refractivity contribution in [3.05, 3.63) is 59.9 Å². The highest BCUT2D eigenvalue weighted by Crippen LogP contribution is 2.35. The number of thiazole rings is 2. The smallest absolute Gasteiger partial charge is 0.263 e. The summed E-state index contributed by atoms with van der Waals surface area (Å²) in [6.07, 6.45) is 3.28. The molecule has 4 rings (SSSR count). The van der Waals surface area contributed by atoms with E-state index in [1.54, 1.807) is 36.7 Å². The van der Waals surface area contributed by atoms with Gasteiger partial charge >= 0.3 is 0 Å². The van der Waals surface area contributed by atoms with E-state index in [0.29, 0.717) is 27.6 Å². The quantitative estimate of drug-likeness (QED) is 0.477. The predicted molar refractivity (Wildman–Crippen MR) is 111 cm³/mol. The fourth-order valence-electron chi connectivity index (χ4n) is 2.35. The van der Waals surface area contributed by atoms with Gasteiger partial charge in [-0.1, -0.05) is 29.5 Å². The summed E-state index contributed by atoms with van der Waals surface area (Å²) in [5, 5.41) is 5.85. The number of nitrogens with zero attached hydrogens (tertiary/aromatic N) is 4. The largest absolute Gasteiger partial charge is 0.300 e. The van der Waals surface area contributed by atoms with Crippen LogP contribution in [0.5, 0.6) is 0 Å². The van der Waals surface area contributed by atoms with Crippen LogP contribution in [-0.2, 0) is 10.0 Å². The molecule has 0 saturated carbocycles. The molecule has 0 unspecified atom stereocenters. The first kappa shape index (κ1) is 18.5. The van der Waals surface area contributed by atoms with Crippen LogP contribution in [0.1, 0.15) is 5.69 Å². The Hall–Kier alpha value is -2.89. The van der Waals surface area contributed by atoms with E-state index < -0.39 is 10.0 Å². The lowest BCUT2D eigenvalue weighted by Crippen LogP contribution is -2.12. The molecule has 142 valence electrons. The highest BCUT2D eigenvalue weighted by molar-refractivity contribution is 7.93. The molecule has 3 aromatic heterocycles. The number of sulfonamides is 1. The Morgan fingerprint density at radius 3 is 2.46 bits per heavy atom. The molecule has 0 atom stereocenters. The molecule has 11 heteroatoms. The van der Waals surface area contributed by atoms with E-state index >= 15 is 0 Å². The normalized spacial score (nSPS) is 11.3. The molecule has 28 heavy (non-hydrogen) atoms. The van der Waals surface area contributed by atoms with Gasteiger partial charge in [0, 0.05) is 17.8 Å². The van der Waals surface area contributed by atoms with Crippen LogP contribution in [0, 0.1) is 6.92 Å². The van der Waals surface area contributed by atoms with Gasteiger partial charge in [-0.25, -0.2) is 28.4 Å². The van der Waals surface area contributed by atoms with E-state index in [0.717, 1.165) is 4.88 Å². The van der Waals surface area contributed by atoms with Gasteiger partial charge in [-0.2, -0.15) is 0 Å². The highest BCUT2D eigenvalue weighted by atomic mass is 32.2. The number of benzene rings is 1. The van der Waals surface area contributed by atoms with Gasteiger partial charge in [0.1, 0.15) is 0 Å². The number of hydrogen-bond acceptors (Lipinski definition) is 9. The first-order valence-corrected chi connectivity index (χ1v) is 11.2. The summed E-state index contributed by atoms with van der Waals surface area (Å²) in [7, 11) is -3.68. The van der Waals surface area contributed by atoms with Crippen LogP contribution in [0.4, 0.5) is 16.2 Å². The molecule has 0 radical (unpaired) electrons. The SMILES string of the molecule is Cc1nc(NS(=O)(=O)c2ccccc2)sc1-c1csc(Nc2ncccn2)n1. The van der Waals surface area contributed by atoms with Crippen molar-refractivity contribution in [3.8, 4) is 10.6 Å². The van der Waals surface area contributed by atoms with E-state index in [-0.39, 0.29) is 4.90 Å². The monoisotopic (exact) mass is 430 g/mol. The molecule has 0 fully saturated rings. The van der Waals surface area contributed by atoms with Crippen molar-refractivity contribution in [1.82, 2.24) is 19.9 Å². The molecule has 0 saturated heterocycles. The van der Waals surface area contributed by atoms with Gasteiger partial charge in [0.15, 0.2) is 10.3 Å². The molecule has 0 aliphatic carbocycles. The average molecular weight is 431 g/mol. The van der Waals surface area contributed by atoms with E-state index in [1.807, 2.05) is 12.3 Å². The Balaban J connectivity index is 1.55. The topological polar surface area (TPSA) is 110 Å². The standard InChI is InChI=1S/C17H14N6O2S3/c1-11-14(13-10-26-16(21-13)22-15-18-8-5-9-19-15)27-17(20-11)23-28(24,25)12-6-3-2-4-7-12/h2-10H,1H3,(H,20,23)(H,18,19,21,22). The van der Waals surface area contributed by atoms with Crippen LogP contribution < -0.4 is 10.0 Å². The lowest BCUT2D eigenvalue weighted by Gasteiger charge is -2.04. The zero-order valence-electron chi connectivity index (χ0n) is 14.5. The van der Waals surface area contributed by atoms with Gasteiger partial charge in [0.25, 0.3) is 10.0 Å². The second kappa shape index (κ2) is 7.62. The second-order valence-electron chi connectivity index (χ2n) is 5.59. The van der Waals surface area contributed by atoms with Crippen molar-refractivity contribution in [2.75, 3.05) is 10.0 Å². The van der Waals surface area contributed by atoms with Crippen molar-refractivity contribution < 1.29 is 8.42 Å². The van der Waals surface area contributed by atoms with E-state index in [1.165, 1.54) is 34.8 Å². The fraction of sp³-hybridized carbons (Fsp3) is 0.0588. The number of rotatable bonds is 6. The summed E-state index contributed by atoms with van der Waals surface area (Å²) in [5.41, 5.74) is 1.41. The zero-order valence-corrected chi connectivity index (χ0v) is 17.0. The Kier molecular flexibility index (Phi) is 5.03. The van der Waals surface area contributed by atoms with E-state index in [2.05, 4.69) is 30.0 Å². The van der Waals surface area contributed by atoms with Crippen LogP contribution in [0.25, 0.3) is 10.6 Å². The third-order valence-electron chi connectivity index (χ3n) is 3.59. The molecule has 2 N–H and O–H groups in total. The molecular formula is C17H14N6O2S3. The summed E-state index contributed by atoms with van der Waals surface area (Å²) in [6.45, 7) is 1.82. The maximum absolute atomic E-state index is 12.5. The van der Waals surface area contributed by atoms with Crippen LogP contribution in [0.3, 0.4) is 0 Å². The van der Waals surface area contributed by atoms with Crippen LogP contribution in [-0.4, -0.2) is 28.4 Å². The van der Waals surface area contributed by atoms with Crippen LogP contribution in [0.15, 0.2) is 59.1 Å². The number of aryl methyl sites for hydroxylation is 1. The molecule has 0 amide bonds. The molecule has 0 aliphatic heterocycles. The molecule has 0 spiro atoms. The lowest BCUT2D eigenvalue weighted by atomic mass is 10.3. The first-order chi connectivity index (χ1) is 13.5. The summed E-state index contributed by atoms with van der Waals surface area (Å²) < 4.78 is 27.5. The Labute approximate surface area is 169 Å². The number of anilines is 3. The maximum Gasteiger partial charge on any atom is 0.263 e. The molecule has 0 aliphatic rings. The van der Waals surface area contributed by atoms with Crippen molar-refractivity contribution in [3.63, 3.8) is 0 Å². The van der Waals surface area contributed by atoms with Crippen molar-refractivity contribution in [2.24, 2.45) is 0 Å². The van der Waals surface area contributed by atoms with E-state index in [9.17, 15) is 8.42 Å². The zero-order chi connectivity index (χ0) is 19.6. The van der Waals surface area contributed by atoms with E-state index in [4.69, 9.17) is 0 Å². The molecular weight excluding hydrogens is 416 g/mol. The number of hydrogen-bond donors (Lipinski definition) is 2. The minimum Gasteiger partial charge on any atom is -0.300 e. The maximum atomic E-state index is 12.5. The average Bonchev–Trinajstić information content (AvgIpc) is 3.29. The van der Waals surface area contributed by atoms with Crippen LogP contribution in [0.2, 0.25) is 0 Å². The molecule has 1 aromatic carbocycles. The fourth-order valence-corrected chi connectivity index (χ4v) is 5.30. The van der Waals surface area contributed by atoms with Crippen molar-refractivity contribution >= 4 is 48.9 Å². The summed E-state index contributed by atoms with van der Waals surface area (Å²) >= 11 is 2.64. The third-order valence-corrected chi connectivity index (χ3v) is 6.93. The van der Waals surface area contributed by atoms with Gasteiger partial charge in [-0.05, 0) is 25.1 Å². The third kappa shape index (κ3) is 4.01. The first-order valence-electron chi connectivity index (χ1n) is 8.06. The number of nitrogens with one attached hydrogen (secondary N) is 2. The predicted octanol–water partition coefficient (Wildman–Crippen LogP) is 3.91. The summed E-state index contributed by atoms with van der Waals surface area (Å²) in [5.74, 6) is 0.459. The minimum absolute atomic E-state index is 0.187. The lowest BCUT2D eigenvalue weighted by molar-refractivity contribution is 0.601. The van der Waals surface area contributed by atoms with Gasteiger partial charge in [0.2, 0.25) is 5.95 Å². The van der Waals surface area contributed by atoms with Crippen molar-refractivity contribution in [1.29, 1.82) is 0 Å². The summed E-state index contributed by atoms with van der Waals surface area (Å²) in [6, 6.07) is 9.92. The summed E-state index contributed by atoms with van der Waals surface area (Å²) in [4.78, 5) is 18.1. The Bertz CT molecular complexity index is 1190. The highest BCUT2D eigenvalue weighted by Gasteiger charge is 2.19. The van der Waals surface area contributed by atoms with Crippen molar-refractivity contribution in [2.45, 2.75) is 11.8 Å². The minimum atomic E-state index is -3.68. The Morgan fingerprint density at radius 1 is 0.964 bits per heavy atom. The molecule has 3 heterocycles. The van der Waals surface area contributed by atoms with Gasteiger partial charge in [0.05, 0.1) is 21.2 Å². The van der Waals surface area contributed by atoms with Crippen LogP contribution >= 0.6 is 22.7 Å². The molecule has 4 aromatic rings. The van der Waals surface area contributed by atoms with Gasteiger partial charge in [-0.3, -0.25) is 4.72 Å². The molecule has 0 bridgehead atoms. The Morgan fingerprint density at radius 2 is 1.71 bits per heavy atom. The number of aromatic nitrogens is 4. The second-order valence-corrected chi connectivity index (χ2v) is 9.13. The van der Waals surface area contributed by atoms with Gasteiger partial charge < -0.3 is 5.32 Å².